The van der Waals surface area contributed by atoms with Gasteiger partial charge >= 0.3 is 6.09 Å². The molecule has 0 aliphatic carbocycles. The molecule has 23 heavy (non-hydrogen) atoms. The Hall–Kier alpha value is -2.37. The van der Waals surface area contributed by atoms with Gasteiger partial charge in [0.25, 0.3) is 5.91 Å². The third kappa shape index (κ3) is 4.09. The lowest BCUT2D eigenvalue weighted by Gasteiger charge is -2.28. The van der Waals surface area contributed by atoms with Crippen LogP contribution in [0.4, 0.5) is 4.79 Å². The number of hydrogen-bond donors (Lipinski definition) is 1. The van der Waals surface area contributed by atoms with E-state index in [2.05, 4.69) is 5.32 Å². The van der Waals surface area contributed by atoms with Gasteiger partial charge in [-0.3, -0.25) is 9.59 Å². The van der Waals surface area contributed by atoms with E-state index in [9.17, 15) is 14.4 Å². The molecule has 2 amide bonds. The monoisotopic (exact) mass is 318 g/mol. The SMILES string of the molecule is CCOC(=O)N[C@@H](C(=O)N1CCC[C@H]1C(C)=O)c1ccccc1. The Morgan fingerprint density at radius 3 is 2.61 bits per heavy atom. The fourth-order valence-corrected chi connectivity index (χ4v) is 2.84. The van der Waals surface area contributed by atoms with Crippen molar-refractivity contribution in [1.82, 2.24) is 10.2 Å². The van der Waals surface area contributed by atoms with Gasteiger partial charge in [-0.2, -0.15) is 0 Å². The highest BCUT2D eigenvalue weighted by Crippen LogP contribution is 2.24. The van der Waals surface area contributed by atoms with Crippen molar-refractivity contribution < 1.29 is 19.1 Å². The predicted molar refractivity (Wildman–Crippen MR) is 84.8 cm³/mol. The first-order valence-corrected chi connectivity index (χ1v) is 7.83. The van der Waals surface area contributed by atoms with Crippen LogP contribution in [0.1, 0.15) is 38.3 Å². The number of amides is 2. The molecule has 6 nitrogen and oxygen atoms in total. The summed E-state index contributed by atoms with van der Waals surface area (Å²) in [5.74, 6) is -0.305. The van der Waals surface area contributed by atoms with Gasteiger partial charge < -0.3 is 15.0 Å². The van der Waals surface area contributed by atoms with E-state index in [1.807, 2.05) is 6.07 Å². The van der Waals surface area contributed by atoms with Gasteiger partial charge in [0, 0.05) is 6.54 Å². The highest BCUT2D eigenvalue weighted by Gasteiger charge is 2.36. The standard InChI is InChI=1S/C17H22N2O4/c1-3-23-17(22)18-15(13-8-5-4-6-9-13)16(21)19-11-7-10-14(19)12(2)20/h4-6,8-9,14-15H,3,7,10-11H2,1-2H3,(H,18,22)/t14-,15+/m0/s1. The van der Waals surface area contributed by atoms with Crippen molar-refractivity contribution in [1.29, 1.82) is 0 Å². The van der Waals surface area contributed by atoms with Gasteiger partial charge in [-0.25, -0.2) is 4.79 Å². The first-order chi connectivity index (χ1) is 11.0. The molecule has 0 radical (unpaired) electrons. The summed E-state index contributed by atoms with van der Waals surface area (Å²) in [6.45, 7) is 3.94. The second-order valence-corrected chi connectivity index (χ2v) is 5.51. The Labute approximate surface area is 135 Å². The number of rotatable bonds is 5. The molecule has 6 heteroatoms. The van der Waals surface area contributed by atoms with Gasteiger partial charge in [0.15, 0.2) is 5.78 Å². The number of hydrogen-bond acceptors (Lipinski definition) is 4. The molecule has 1 aliphatic heterocycles. The first-order valence-electron chi connectivity index (χ1n) is 7.83. The molecule has 2 rings (SSSR count). The van der Waals surface area contributed by atoms with E-state index in [-0.39, 0.29) is 18.3 Å². The van der Waals surface area contributed by atoms with Crippen LogP contribution < -0.4 is 5.32 Å². The quantitative estimate of drug-likeness (QED) is 0.901. The zero-order chi connectivity index (χ0) is 16.8. The number of carbonyl (C=O) groups excluding carboxylic acids is 3. The summed E-state index contributed by atoms with van der Waals surface area (Å²) in [5.41, 5.74) is 0.666. The van der Waals surface area contributed by atoms with Gasteiger partial charge in [0.05, 0.1) is 12.6 Å². The number of nitrogens with one attached hydrogen (secondary N) is 1. The highest BCUT2D eigenvalue weighted by molar-refractivity contribution is 5.92. The Balaban J connectivity index is 2.24. The third-order valence-electron chi connectivity index (χ3n) is 3.92. The summed E-state index contributed by atoms with van der Waals surface area (Å²) in [6.07, 6.45) is 0.812. The number of likely N-dealkylation sites (tertiary alicyclic amines) is 1. The lowest BCUT2D eigenvalue weighted by Crippen LogP contribution is -2.47. The van der Waals surface area contributed by atoms with Crippen molar-refractivity contribution in [3.63, 3.8) is 0 Å². The van der Waals surface area contributed by atoms with E-state index in [4.69, 9.17) is 4.74 Å². The average molecular weight is 318 g/mol. The van der Waals surface area contributed by atoms with Crippen molar-refractivity contribution in [2.75, 3.05) is 13.2 Å². The molecule has 1 aromatic rings. The van der Waals surface area contributed by atoms with Crippen LogP contribution in [0, 0.1) is 0 Å². The van der Waals surface area contributed by atoms with Crippen LogP contribution in [0.3, 0.4) is 0 Å². The van der Waals surface area contributed by atoms with Crippen molar-refractivity contribution in [3.8, 4) is 0 Å². The Bertz CT molecular complexity index is 573. The van der Waals surface area contributed by atoms with Crippen LogP contribution in [0.15, 0.2) is 30.3 Å². The largest absolute Gasteiger partial charge is 0.450 e. The fourth-order valence-electron chi connectivity index (χ4n) is 2.84. The number of benzene rings is 1. The van der Waals surface area contributed by atoms with Crippen LogP contribution in [0.25, 0.3) is 0 Å². The van der Waals surface area contributed by atoms with Crippen LogP contribution in [-0.2, 0) is 14.3 Å². The molecule has 1 fully saturated rings. The van der Waals surface area contributed by atoms with Crippen molar-refractivity contribution >= 4 is 17.8 Å². The average Bonchev–Trinajstić information content (AvgIpc) is 3.03. The lowest BCUT2D eigenvalue weighted by atomic mass is 10.0. The van der Waals surface area contributed by atoms with E-state index in [1.165, 1.54) is 6.92 Å². The predicted octanol–water partition coefficient (Wildman–Crippen LogP) is 2.05. The normalized spacial score (nSPS) is 18.3. The molecule has 0 aromatic heterocycles. The minimum absolute atomic E-state index is 0.0289. The van der Waals surface area contributed by atoms with Gasteiger partial charge in [-0.1, -0.05) is 30.3 Å². The Kier molecular flexibility index (Phi) is 5.73. The number of nitrogens with zero attached hydrogens (tertiary/aromatic N) is 1. The minimum atomic E-state index is -0.852. The van der Waals surface area contributed by atoms with E-state index < -0.39 is 18.2 Å². The number of ketones is 1. The van der Waals surface area contributed by atoms with Gasteiger partial charge in [0.1, 0.15) is 6.04 Å². The minimum Gasteiger partial charge on any atom is -0.450 e. The topological polar surface area (TPSA) is 75.7 Å². The summed E-state index contributed by atoms with van der Waals surface area (Å²) < 4.78 is 4.89. The fraction of sp³-hybridized carbons (Fsp3) is 0.471. The van der Waals surface area contributed by atoms with Crippen LogP contribution in [0.2, 0.25) is 0 Å². The number of alkyl carbamates (subject to hydrolysis) is 1. The molecule has 0 unspecified atom stereocenters. The molecule has 1 heterocycles. The first kappa shape index (κ1) is 17.0. The van der Waals surface area contributed by atoms with Gasteiger partial charge in [0.2, 0.25) is 0 Å². The van der Waals surface area contributed by atoms with Crippen molar-refractivity contribution in [2.24, 2.45) is 0 Å². The molecule has 1 saturated heterocycles. The molecule has 0 saturated carbocycles. The van der Waals surface area contributed by atoms with Crippen molar-refractivity contribution in [3.05, 3.63) is 35.9 Å². The summed E-state index contributed by atoms with van der Waals surface area (Å²) in [4.78, 5) is 38.0. The number of Topliss-reactive ketones (excluding diaryl/α,β-unsaturated/α-hetero) is 1. The molecule has 0 spiro atoms. The van der Waals surface area contributed by atoms with Gasteiger partial charge in [-0.05, 0) is 32.3 Å². The highest BCUT2D eigenvalue weighted by atomic mass is 16.5. The molecular formula is C17H22N2O4. The third-order valence-corrected chi connectivity index (χ3v) is 3.92. The van der Waals surface area contributed by atoms with Gasteiger partial charge in [-0.15, -0.1) is 0 Å². The van der Waals surface area contributed by atoms with Crippen molar-refractivity contribution in [2.45, 2.75) is 38.8 Å². The molecule has 1 aromatic carbocycles. The second-order valence-electron chi connectivity index (χ2n) is 5.51. The van der Waals surface area contributed by atoms with E-state index in [1.54, 1.807) is 36.1 Å². The number of ether oxygens (including phenoxy) is 1. The zero-order valence-electron chi connectivity index (χ0n) is 13.5. The summed E-state index contributed by atoms with van der Waals surface area (Å²) in [5, 5.41) is 2.61. The molecule has 1 N–H and O–H groups in total. The maximum absolute atomic E-state index is 12.9. The van der Waals surface area contributed by atoms with Crippen LogP contribution in [-0.4, -0.2) is 41.9 Å². The molecule has 124 valence electrons. The van der Waals surface area contributed by atoms with Crippen LogP contribution in [0.5, 0.6) is 0 Å². The van der Waals surface area contributed by atoms with E-state index in [0.29, 0.717) is 18.5 Å². The second kappa shape index (κ2) is 7.76. The Morgan fingerprint density at radius 2 is 2.00 bits per heavy atom. The van der Waals surface area contributed by atoms with E-state index >= 15 is 0 Å². The molecule has 1 aliphatic rings. The maximum Gasteiger partial charge on any atom is 0.408 e. The molecule has 0 bridgehead atoms. The molecular weight excluding hydrogens is 296 g/mol. The molecule has 2 atom stereocenters. The Morgan fingerprint density at radius 1 is 1.30 bits per heavy atom. The lowest BCUT2D eigenvalue weighted by molar-refractivity contribution is -0.138. The maximum atomic E-state index is 12.9. The smallest absolute Gasteiger partial charge is 0.408 e. The van der Waals surface area contributed by atoms with E-state index in [0.717, 1.165) is 6.42 Å². The number of carbonyl (C=O) groups is 3. The summed E-state index contributed by atoms with van der Waals surface area (Å²) in [7, 11) is 0. The summed E-state index contributed by atoms with van der Waals surface area (Å²) in [6, 6.07) is 7.72. The summed E-state index contributed by atoms with van der Waals surface area (Å²) >= 11 is 0. The van der Waals surface area contributed by atoms with Crippen LogP contribution >= 0.6 is 0 Å². The zero-order valence-corrected chi connectivity index (χ0v) is 13.5.